The summed E-state index contributed by atoms with van der Waals surface area (Å²) < 4.78 is 32.6. The number of carbonyl (C=O) groups is 1. The monoisotopic (exact) mass is 444 g/mol. The van der Waals surface area contributed by atoms with Gasteiger partial charge in [-0.15, -0.1) is 0 Å². The number of nitrogens with two attached hydrogens (primary N) is 1. The van der Waals surface area contributed by atoms with Gasteiger partial charge in [-0.2, -0.15) is 0 Å². The largest absolute Gasteiger partial charge is 0.384 e. The van der Waals surface area contributed by atoms with Crippen LogP contribution in [0.3, 0.4) is 0 Å². The summed E-state index contributed by atoms with van der Waals surface area (Å²) in [6.07, 6.45) is 4.90. The molecule has 0 saturated carbocycles. The van der Waals surface area contributed by atoms with Crippen LogP contribution in [0.2, 0.25) is 0 Å². The highest BCUT2D eigenvalue weighted by molar-refractivity contribution is 5.79. The van der Waals surface area contributed by atoms with E-state index in [0.29, 0.717) is 24.5 Å². The number of pyridine rings is 1. The van der Waals surface area contributed by atoms with Gasteiger partial charge in [0.2, 0.25) is 5.91 Å². The van der Waals surface area contributed by atoms with Crippen LogP contribution in [0.25, 0.3) is 0 Å². The number of piperidine rings is 2. The molecule has 2 aromatic rings. The second-order valence-corrected chi connectivity index (χ2v) is 8.71. The summed E-state index contributed by atoms with van der Waals surface area (Å²) in [6.45, 7) is 4.04. The predicted molar refractivity (Wildman–Crippen MR) is 117 cm³/mol. The molecule has 0 aliphatic carbocycles. The van der Waals surface area contributed by atoms with Crippen molar-refractivity contribution in [3.63, 3.8) is 0 Å². The van der Waals surface area contributed by atoms with Crippen molar-refractivity contribution in [1.29, 1.82) is 0 Å². The lowest BCUT2D eigenvalue weighted by Gasteiger charge is -2.37. The zero-order valence-electron chi connectivity index (χ0n) is 18.2. The first-order chi connectivity index (χ1) is 15.5. The molecule has 1 aromatic heterocycles. The summed E-state index contributed by atoms with van der Waals surface area (Å²) in [6, 6.07) is 7.40. The quantitative estimate of drug-likeness (QED) is 0.740. The minimum absolute atomic E-state index is 0.0156. The van der Waals surface area contributed by atoms with E-state index in [1.807, 2.05) is 17.0 Å². The average Bonchev–Trinajstić information content (AvgIpc) is 2.79. The number of aromatic nitrogens is 1. The molecular weight excluding hydrogens is 414 g/mol. The Balaban J connectivity index is 1.18. The zero-order valence-corrected chi connectivity index (χ0v) is 18.2. The van der Waals surface area contributed by atoms with Crippen LogP contribution >= 0.6 is 0 Å². The maximum absolute atomic E-state index is 13.8. The molecule has 6 nitrogen and oxygen atoms in total. The predicted octanol–water partition coefficient (Wildman–Crippen LogP) is 3.36. The van der Waals surface area contributed by atoms with Crippen molar-refractivity contribution in [2.24, 2.45) is 5.92 Å². The number of anilines is 1. The van der Waals surface area contributed by atoms with E-state index in [1.165, 1.54) is 12.1 Å². The van der Waals surface area contributed by atoms with Gasteiger partial charge in [-0.1, -0.05) is 6.07 Å². The second kappa shape index (κ2) is 10.4. The maximum Gasteiger partial charge on any atom is 0.225 e. The van der Waals surface area contributed by atoms with Crippen molar-refractivity contribution in [1.82, 2.24) is 14.8 Å². The Morgan fingerprint density at radius 1 is 1.06 bits per heavy atom. The lowest BCUT2D eigenvalue weighted by Crippen LogP contribution is -2.46. The van der Waals surface area contributed by atoms with Gasteiger partial charge in [-0.3, -0.25) is 9.69 Å². The van der Waals surface area contributed by atoms with E-state index in [1.54, 1.807) is 6.20 Å². The van der Waals surface area contributed by atoms with Crippen molar-refractivity contribution in [3.8, 4) is 0 Å². The van der Waals surface area contributed by atoms with E-state index in [9.17, 15) is 13.6 Å². The Morgan fingerprint density at radius 2 is 1.81 bits per heavy atom. The maximum atomic E-state index is 13.8. The van der Waals surface area contributed by atoms with Crippen LogP contribution in [-0.2, 0) is 22.7 Å². The molecule has 0 radical (unpaired) electrons. The minimum atomic E-state index is -0.592. The summed E-state index contributed by atoms with van der Waals surface area (Å²) in [5.41, 5.74) is 7.26. The van der Waals surface area contributed by atoms with E-state index >= 15 is 0 Å². The molecule has 0 spiro atoms. The number of amides is 1. The topological polar surface area (TPSA) is 71.7 Å². The first kappa shape index (κ1) is 22.6. The average molecular weight is 445 g/mol. The Bertz CT molecular complexity index is 926. The van der Waals surface area contributed by atoms with E-state index in [-0.39, 0.29) is 24.5 Å². The smallest absolute Gasteiger partial charge is 0.225 e. The minimum Gasteiger partial charge on any atom is -0.384 e. The molecule has 4 rings (SSSR count). The molecule has 3 heterocycles. The molecule has 2 saturated heterocycles. The van der Waals surface area contributed by atoms with Crippen molar-refractivity contribution in [2.45, 2.75) is 44.9 Å². The highest BCUT2D eigenvalue weighted by Crippen LogP contribution is 2.24. The fourth-order valence-electron chi connectivity index (χ4n) is 4.54. The standard InChI is InChI=1S/C24H30F2N4O2/c25-20-2-1-19(22(26)14-20)16-32-21-6-11-30(12-7-21)24(31)18-4-9-29(10-5-18)15-17-3-8-28-23(27)13-17/h1-3,8,13-14,18,21H,4-7,9-12,15-16H2,(H2,27,28). The number of ether oxygens (including phenoxy) is 1. The Hall–Kier alpha value is -2.58. The Kier molecular flexibility index (Phi) is 7.32. The van der Waals surface area contributed by atoms with Crippen LogP contribution in [0.5, 0.6) is 0 Å². The van der Waals surface area contributed by atoms with E-state index in [2.05, 4.69) is 9.88 Å². The van der Waals surface area contributed by atoms with E-state index < -0.39 is 11.6 Å². The molecule has 0 bridgehead atoms. The summed E-state index contributed by atoms with van der Waals surface area (Å²) in [4.78, 5) is 21.3. The van der Waals surface area contributed by atoms with Gasteiger partial charge in [-0.25, -0.2) is 13.8 Å². The molecule has 1 amide bonds. The van der Waals surface area contributed by atoms with Crippen LogP contribution in [0, 0.1) is 17.6 Å². The number of likely N-dealkylation sites (tertiary alicyclic amines) is 2. The van der Waals surface area contributed by atoms with Crippen LogP contribution in [0.1, 0.15) is 36.8 Å². The molecule has 2 aliphatic rings. The lowest BCUT2D eigenvalue weighted by atomic mass is 9.94. The first-order valence-electron chi connectivity index (χ1n) is 11.2. The van der Waals surface area contributed by atoms with Gasteiger partial charge >= 0.3 is 0 Å². The van der Waals surface area contributed by atoms with Gasteiger partial charge < -0.3 is 15.4 Å². The van der Waals surface area contributed by atoms with Gasteiger partial charge in [0.25, 0.3) is 0 Å². The number of halogens is 2. The Morgan fingerprint density at radius 3 is 2.50 bits per heavy atom. The number of nitrogen functional groups attached to an aromatic ring is 1. The number of rotatable bonds is 6. The first-order valence-corrected chi connectivity index (χ1v) is 11.2. The second-order valence-electron chi connectivity index (χ2n) is 8.71. The van der Waals surface area contributed by atoms with Gasteiger partial charge in [0.05, 0.1) is 12.7 Å². The van der Waals surface area contributed by atoms with Gasteiger partial charge in [0.15, 0.2) is 0 Å². The van der Waals surface area contributed by atoms with Crippen LogP contribution < -0.4 is 5.73 Å². The molecule has 2 aliphatic heterocycles. The molecule has 2 N–H and O–H groups in total. The summed E-state index contributed by atoms with van der Waals surface area (Å²) >= 11 is 0. The third-order valence-electron chi connectivity index (χ3n) is 6.43. The van der Waals surface area contributed by atoms with Gasteiger partial charge in [-0.05, 0) is 62.5 Å². The number of nitrogens with zero attached hydrogens (tertiary/aromatic N) is 3. The van der Waals surface area contributed by atoms with Crippen molar-refractivity contribution in [3.05, 3.63) is 59.3 Å². The third kappa shape index (κ3) is 5.81. The summed E-state index contributed by atoms with van der Waals surface area (Å²) in [5.74, 6) is -0.342. The molecule has 2 fully saturated rings. The Labute approximate surface area is 187 Å². The molecule has 0 atom stereocenters. The number of carbonyl (C=O) groups excluding carboxylic acids is 1. The van der Waals surface area contributed by atoms with Crippen molar-refractivity contribution in [2.75, 3.05) is 31.9 Å². The summed E-state index contributed by atoms with van der Waals surface area (Å²) in [5, 5.41) is 0. The zero-order chi connectivity index (χ0) is 22.5. The molecule has 8 heteroatoms. The highest BCUT2D eigenvalue weighted by Gasteiger charge is 2.31. The lowest BCUT2D eigenvalue weighted by molar-refractivity contribution is -0.140. The molecule has 32 heavy (non-hydrogen) atoms. The normalized spacial score (nSPS) is 18.8. The SMILES string of the molecule is Nc1cc(CN2CCC(C(=O)N3CCC(OCc4ccc(F)cc4F)CC3)CC2)ccn1. The van der Waals surface area contributed by atoms with Crippen LogP contribution in [0.15, 0.2) is 36.5 Å². The fourth-order valence-corrected chi connectivity index (χ4v) is 4.54. The van der Waals surface area contributed by atoms with Gasteiger partial charge in [0, 0.05) is 43.4 Å². The van der Waals surface area contributed by atoms with E-state index in [4.69, 9.17) is 10.5 Å². The molecular formula is C24H30F2N4O2. The fraction of sp³-hybridized carbons (Fsp3) is 0.500. The number of benzene rings is 1. The molecule has 172 valence electrons. The van der Waals surface area contributed by atoms with Crippen molar-refractivity contribution >= 4 is 11.7 Å². The van der Waals surface area contributed by atoms with Crippen molar-refractivity contribution < 1.29 is 18.3 Å². The highest BCUT2D eigenvalue weighted by atomic mass is 19.1. The van der Waals surface area contributed by atoms with Crippen LogP contribution in [-0.4, -0.2) is 53.0 Å². The van der Waals surface area contributed by atoms with E-state index in [0.717, 1.165) is 56.9 Å². The molecule has 0 unspecified atom stereocenters. The van der Waals surface area contributed by atoms with Crippen LogP contribution in [0.4, 0.5) is 14.6 Å². The molecule has 1 aromatic carbocycles. The third-order valence-corrected chi connectivity index (χ3v) is 6.43. The number of hydrogen-bond acceptors (Lipinski definition) is 5. The summed E-state index contributed by atoms with van der Waals surface area (Å²) in [7, 11) is 0. The van der Waals surface area contributed by atoms with Gasteiger partial charge in [0.1, 0.15) is 17.5 Å². The number of hydrogen-bond donors (Lipinski definition) is 1.